The molecule has 0 saturated heterocycles. The van der Waals surface area contributed by atoms with Crippen LogP contribution in [-0.4, -0.2) is 17.9 Å². The predicted molar refractivity (Wildman–Crippen MR) is 112 cm³/mol. The lowest BCUT2D eigenvalue weighted by Crippen LogP contribution is -2.51. The number of ether oxygens (including phenoxy) is 1. The van der Waals surface area contributed by atoms with Crippen molar-refractivity contribution >= 4 is 11.8 Å². The second kappa shape index (κ2) is 7.03. The molecule has 160 valence electrons. The van der Waals surface area contributed by atoms with Crippen molar-refractivity contribution in [3.8, 4) is 0 Å². The summed E-state index contributed by atoms with van der Waals surface area (Å²) in [5.74, 6) is 1.47. The van der Waals surface area contributed by atoms with Crippen LogP contribution >= 0.6 is 0 Å². The highest BCUT2D eigenvalue weighted by Gasteiger charge is 2.60. The molecule has 4 heteroatoms. The molecule has 0 radical (unpaired) electrons. The van der Waals surface area contributed by atoms with Gasteiger partial charge in [0.2, 0.25) is 0 Å². The Labute approximate surface area is 178 Å². The number of hydrogen-bond acceptors (Lipinski definition) is 3. The predicted octanol–water partition coefficient (Wildman–Crippen LogP) is 5.88. The smallest absolute Gasteiger partial charge is 0.338 e. The van der Waals surface area contributed by atoms with E-state index < -0.39 is 0 Å². The summed E-state index contributed by atoms with van der Waals surface area (Å²) in [6.45, 7) is 4.72. The van der Waals surface area contributed by atoms with Crippen LogP contribution < -0.4 is 0 Å². The summed E-state index contributed by atoms with van der Waals surface area (Å²) in [6, 6.07) is 5.63. The number of esters is 1. The summed E-state index contributed by atoms with van der Waals surface area (Å²) in [6.07, 6.45) is 9.97. The normalized spacial score (nSPS) is 40.1. The second-order valence-electron chi connectivity index (χ2n) is 10.5. The van der Waals surface area contributed by atoms with Crippen molar-refractivity contribution in [2.45, 2.75) is 71.3 Å². The first-order chi connectivity index (χ1) is 14.3. The molecule has 30 heavy (non-hydrogen) atoms. The van der Waals surface area contributed by atoms with Gasteiger partial charge in [0, 0.05) is 11.8 Å². The molecule has 3 saturated carbocycles. The van der Waals surface area contributed by atoms with Crippen LogP contribution in [0.1, 0.15) is 75.6 Å². The van der Waals surface area contributed by atoms with Gasteiger partial charge in [0.15, 0.2) is 5.78 Å². The van der Waals surface area contributed by atoms with Gasteiger partial charge in [0.05, 0.1) is 5.56 Å². The average Bonchev–Trinajstić information content (AvgIpc) is 3.05. The summed E-state index contributed by atoms with van der Waals surface area (Å²) in [7, 11) is 0. The van der Waals surface area contributed by atoms with Crippen LogP contribution in [0.4, 0.5) is 4.39 Å². The zero-order valence-electron chi connectivity index (χ0n) is 18.0. The van der Waals surface area contributed by atoms with Crippen molar-refractivity contribution in [1.29, 1.82) is 0 Å². The molecule has 3 nitrogen and oxygen atoms in total. The molecule has 0 spiro atoms. The Balaban J connectivity index is 1.35. The lowest BCUT2D eigenvalue weighted by atomic mass is 9.47. The number of ketones is 1. The fourth-order valence-corrected chi connectivity index (χ4v) is 7.49. The van der Waals surface area contributed by atoms with E-state index in [0.717, 1.165) is 44.9 Å². The van der Waals surface area contributed by atoms with Crippen molar-refractivity contribution < 1.29 is 18.7 Å². The lowest BCUT2D eigenvalue weighted by Gasteiger charge is -2.57. The number of allylic oxidation sites excluding steroid dienone is 1. The SMILES string of the molecule is C[C@]12CCC(=O)C=C1CC[C@@H]1[C@H]2CC[C@]2(C)C(OC(=O)c3ccc(F)cc3)CC[C@@H]12. The fourth-order valence-electron chi connectivity index (χ4n) is 7.49. The number of carbonyl (C=O) groups excluding carboxylic acids is 2. The Morgan fingerprint density at radius 2 is 1.77 bits per heavy atom. The van der Waals surface area contributed by atoms with Crippen molar-refractivity contribution in [3.63, 3.8) is 0 Å². The molecular weight excluding hydrogens is 379 g/mol. The highest BCUT2D eigenvalue weighted by atomic mass is 19.1. The highest BCUT2D eigenvalue weighted by molar-refractivity contribution is 5.91. The Bertz CT molecular complexity index is 903. The van der Waals surface area contributed by atoms with Gasteiger partial charge in [-0.3, -0.25) is 4.79 Å². The van der Waals surface area contributed by atoms with Crippen molar-refractivity contribution in [2.75, 3.05) is 0 Å². The summed E-state index contributed by atoms with van der Waals surface area (Å²) in [5.41, 5.74) is 1.99. The number of hydrogen-bond donors (Lipinski definition) is 0. The highest BCUT2D eigenvalue weighted by Crippen LogP contribution is 2.65. The first kappa shape index (κ1) is 20.0. The summed E-state index contributed by atoms with van der Waals surface area (Å²) in [4.78, 5) is 24.7. The number of halogens is 1. The summed E-state index contributed by atoms with van der Waals surface area (Å²) >= 11 is 0. The van der Waals surface area contributed by atoms with E-state index in [4.69, 9.17) is 4.74 Å². The standard InChI is InChI=1S/C26H31FO3/c1-25-13-11-19(28)15-17(25)5-8-20-21-9-10-23(26(21,2)14-12-22(20)25)30-24(29)16-3-6-18(27)7-4-16/h3-4,6-7,15,20-23H,5,8-14H2,1-2H3/t20-,21-,22+,23?,25-,26-/m0/s1. The molecule has 4 aliphatic carbocycles. The van der Waals surface area contributed by atoms with Crippen LogP contribution in [0.25, 0.3) is 0 Å². The van der Waals surface area contributed by atoms with E-state index in [9.17, 15) is 14.0 Å². The van der Waals surface area contributed by atoms with E-state index in [2.05, 4.69) is 13.8 Å². The Morgan fingerprint density at radius 3 is 2.53 bits per heavy atom. The van der Waals surface area contributed by atoms with Gasteiger partial charge < -0.3 is 4.74 Å². The van der Waals surface area contributed by atoms with E-state index in [1.54, 1.807) is 0 Å². The number of benzene rings is 1. The van der Waals surface area contributed by atoms with Crippen molar-refractivity contribution in [1.82, 2.24) is 0 Å². The maximum Gasteiger partial charge on any atom is 0.338 e. The van der Waals surface area contributed by atoms with Crippen LogP contribution in [-0.2, 0) is 9.53 Å². The van der Waals surface area contributed by atoms with E-state index in [0.29, 0.717) is 35.5 Å². The molecule has 1 aromatic carbocycles. The quantitative estimate of drug-likeness (QED) is 0.572. The maximum atomic E-state index is 13.2. The van der Waals surface area contributed by atoms with E-state index in [1.165, 1.54) is 29.8 Å². The van der Waals surface area contributed by atoms with Crippen LogP contribution in [0.2, 0.25) is 0 Å². The van der Waals surface area contributed by atoms with Crippen LogP contribution in [0.5, 0.6) is 0 Å². The minimum atomic E-state index is -0.346. The first-order valence-corrected chi connectivity index (χ1v) is 11.5. The molecule has 5 rings (SSSR count). The Kier molecular flexibility index (Phi) is 4.68. The first-order valence-electron chi connectivity index (χ1n) is 11.5. The van der Waals surface area contributed by atoms with Crippen molar-refractivity contribution in [3.05, 3.63) is 47.3 Å². The van der Waals surface area contributed by atoms with Gasteiger partial charge in [-0.05, 0) is 98.5 Å². The summed E-state index contributed by atoms with van der Waals surface area (Å²) < 4.78 is 19.2. The second-order valence-corrected chi connectivity index (χ2v) is 10.5. The van der Waals surface area contributed by atoms with Gasteiger partial charge in [-0.1, -0.05) is 19.4 Å². The third kappa shape index (κ3) is 2.98. The topological polar surface area (TPSA) is 43.4 Å². The third-order valence-electron chi connectivity index (χ3n) is 9.20. The van der Waals surface area contributed by atoms with Crippen LogP contribution in [0.15, 0.2) is 35.9 Å². The largest absolute Gasteiger partial charge is 0.458 e. The lowest BCUT2D eigenvalue weighted by molar-refractivity contribution is -0.118. The summed E-state index contributed by atoms with van der Waals surface area (Å²) in [5, 5.41) is 0. The van der Waals surface area contributed by atoms with Crippen LogP contribution in [0.3, 0.4) is 0 Å². The molecule has 0 aliphatic heterocycles. The molecule has 1 aromatic rings. The third-order valence-corrected chi connectivity index (χ3v) is 9.20. The zero-order chi connectivity index (χ0) is 21.1. The van der Waals surface area contributed by atoms with Gasteiger partial charge in [0.1, 0.15) is 11.9 Å². The Hall–Kier alpha value is -1.97. The van der Waals surface area contributed by atoms with Crippen molar-refractivity contribution in [2.24, 2.45) is 28.6 Å². The van der Waals surface area contributed by atoms with Crippen LogP contribution in [0, 0.1) is 34.4 Å². The number of fused-ring (bicyclic) bond motifs is 5. The van der Waals surface area contributed by atoms with Gasteiger partial charge in [-0.2, -0.15) is 0 Å². The number of rotatable bonds is 2. The molecular formula is C26H31FO3. The zero-order valence-corrected chi connectivity index (χ0v) is 18.0. The van der Waals surface area contributed by atoms with E-state index >= 15 is 0 Å². The fraction of sp³-hybridized carbons (Fsp3) is 0.615. The monoisotopic (exact) mass is 410 g/mol. The van der Waals surface area contributed by atoms with Gasteiger partial charge >= 0.3 is 5.97 Å². The molecule has 4 aliphatic rings. The molecule has 0 aromatic heterocycles. The molecule has 1 unspecified atom stereocenters. The molecule has 0 heterocycles. The van der Waals surface area contributed by atoms with Gasteiger partial charge in [-0.25, -0.2) is 9.18 Å². The molecule has 0 amide bonds. The van der Waals surface area contributed by atoms with E-state index in [-0.39, 0.29) is 28.7 Å². The molecule has 3 fully saturated rings. The average molecular weight is 411 g/mol. The molecule has 6 atom stereocenters. The molecule has 0 bridgehead atoms. The Morgan fingerprint density at radius 1 is 1.00 bits per heavy atom. The minimum absolute atomic E-state index is 0.0128. The van der Waals surface area contributed by atoms with Gasteiger partial charge in [-0.15, -0.1) is 0 Å². The number of carbonyl (C=O) groups is 2. The van der Waals surface area contributed by atoms with E-state index in [1.807, 2.05) is 6.08 Å². The minimum Gasteiger partial charge on any atom is -0.458 e. The van der Waals surface area contributed by atoms with Gasteiger partial charge in [0.25, 0.3) is 0 Å². The maximum absolute atomic E-state index is 13.2. The molecule has 0 N–H and O–H groups in total.